The van der Waals surface area contributed by atoms with E-state index in [0.717, 1.165) is 21.4 Å². The molecule has 150 valence electrons. The number of rotatable bonds is 6. The number of anilines is 2. The van der Waals surface area contributed by atoms with Gasteiger partial charge in [-0.15, -0.1) is 11.3 Å². The Balaban J connectivity index is 1.71. The minimum absolute atomic E-state index is 0.218. The van der Waals surface area contributed by atoms with Gasteiger partial charge in [-0.05, 0) is 42.8 Å². The number of hydrogen-bond donors (Lipinski definition) is 2. The van der Waals surface area contributed by atoms with E-state index in [1.165, 1.54) is 14.2 Å². The normalized spacial score (nSPS) is 10.3. The molecule has 0 aliphatic carbocycles. The lowest BCUT2D eigenvalue weighted by Crippen LogP contribution is -2.15. The van der Waals surface area contributed by atoms with Gasteiger partial charge in [0.1, 0.15) is 17.2 Å². The van der Waals surface area contributed by atoms with Crippen LogP contribution in [0.2, 0.25) is 0 Å². The highest BCUT2D eigenvalue weighted by atomic mass is 79.9. The van der Waals surface area contributed by atoms with Crippen molar-refractivity contribution in [2.45, 2.75) is 6.92 Å². The topological polar surface area (TPSA) is 89.6 Å². The molecule has 0 saturated carbocycles. The highest BCUT2D eigenvalue weighted by Gasteiger charge is 2.15. The maximum absolute atomic E-state index is 12.5. The summed E-state index contributed by atoms with van der Waals surface area (Å²) in [6.45, 7) is 1.90. The Morgan fingerprint density at radius 1 is 1.00 bits per heavy atom. The maximum Gasteiger partial charge on any atom is 0.275 e. The summed E-state index contributed by atoms with van der Waals surface area (Å²) < 4.78 is 11.3. The molecule has 2 amide bonds. The van der Waals surface area contributed by atoms with E-state index >= 15 is 0 Å². The van der Waals surface area contributed by atoms with Crippen molar-refractivity contribution in [1.82, 2.24) is 4.98 Å². The fourth-order valence-electron chi connectivity index (χ4n) is 2.50. The molecule has 0 fully saturated rings. The van der Waals surface area contributed by atoms with Gasteiger partial charge in [-0.2, -0.15) is 0 Å². The van der Waals surface area contributed by atoms with Gasteiger partial charge in [0.25, 0.3) is 11.8 Å². The van der Waals surface area contributed by atoms with Crippen molar-refractivity contribution in [3.05, 3.63) is 63.1 Å². The van der Waals surface area contributed by atoms with Crippen molar-refractivity contribution in [3.63, 3.8) is 0 Å². The number of carbonyl (C=O) groups is 2. The summed E-state index contributed by atoms with van der Waals surface area (Å²) in [4.78, 5) is 29.2. The number of ether oxygens (including phenoxy) is 2. The third-order valence-electron chi connectivity index (χ3n) is 4.01. The van der Waals surface area contributed by atoms with Crippen molar-refractivity contribution < 1.29 is 19.1 Å². The molecule has 0 saturated heterocycles. The lowest BCUT2D eigenvalue weighted by atomic mass is 10.2. The molecule has 3 aromatic rings. The predicted molar refractivity (Wildman–Crippen MR) is 116 cm³/mol. The zero-order valence-electron chi connectivity index (χ0n) is 15.9. The SMILES string of the molecule is COc1cc(OC)cc(C(=O)Nc2nc(C(=O)Nc3ccc(Br)cc3C)cs2)c1. The average molecular weight is 476 g/mol. The smallest absolute Gasteiger partial charge is 0.275 e. The molecular formula is C20H18BrN3O4S. The van der Waals surface area contributed by atoms with E-state index < -0.39 is 0 Å². The van der Waals surface area contributed by atoms with Crippen LogP contribution in [0.15, 0.2) is 46.3 Å². The van der Waals surface area contributed by atoms with Gasteiger partial charge in [-0.1, -0.05) is 15.9 Å². The average Bonchev–Trinajstić information content (AvgIpc) is 3.18. The zero-order chi connectivity index (χ0) is 21.0. The monoisotopic (exact) mass is 475 g/mol. The first-order chi connectivity index (χ1) is 13.9. The summed E-state index contributed by atoms with van der Waals surface area (Å²) in [5, 5.41) is 7.41. The Labute approximate surface area is 180 Å². The number of nitrogens with zero attached hydrogens (tertiary/aromatic N) is 1. The van der Waals surface area contributed by atoms with Gasteiger partial charge in [0, 0.05) is 27.2 Å². The van der Waals surface area contributed by atoms with Crippen LogP contribution in [-0.4, -0.2) is 31.0 Å². The van der Waals surface area contributed by atoms with Crippen LogP contribution < -0.4 is 20.1 Å². The largest absolute Gasteiger partial charge is 0.497 e. The molecule has 0 aliphatic rings. The summed E-state index contributed by atoms with van der Waals surface area (Å²) in [7, 11) is 3.02. The molecule has 1 aromatic heterocycles. The molecule has 0 atom stereocenters. The number of carbonyl (C=O) groups excluding carboxylic acids is 2. The molecule has 9 heteroatoms. The first-order valence-electron chi connectivity index (χ1n) is 8.47. The van der Waals surface area contributed by atoms with Crippen LogP contribution in [0.3, 0.4) is 0 Å². The van der Waals surface area contributed by atoms with Gasteiger partial charge < -0.3 is 14.8 Å². The molecule has 0 spiro atoms. The first kappa shape index (κ1) is 20.8. The molecule has 7 nitrogen and oxygen atoms in total. The summed E-state index contributed by atoms with van der Waals surface area (Å²) in [6.07, 6.45) is 0. The quantitative estimate of drug-likeness (QED) is 0.537. The lowest BCUT2D eigenvalue weighted by Gasteiger charge is -2.08. The van der Waals surface area contributed by atoms with Crippen LogP contribution in [0.4, 0.5) is 10.8 Å². The summed E-state index contributed by atoms with van der Waals surface area (Å²) in [5.41, 5.74) is 2.19. The maximum atomic E-state index is 12.5. The third-order valence-corrected chi connectivity index (χ3v) is 5.26. The highest BCUT2D eigenvalue weighted by molar-refractivity contribution is 9.10. The van der Waals surface area contributed by atoms with Crippen LogP contribution in [-0.2, 0) is 0 Å². The lowest BCUT2D eigenvalue weighted by molar-refractivity contribution is 0.101. The van der Waals surface area contributed by atoms with E-state index in [9.17, 15) is 9.59 Å². The Hall–Kier alpha value is -2.91. The Bertz CT molecular complexity index is 1050. The number of nitrogens with one attached hydrogen (secondary N) is 2. The van der Waals surface area contributed by atoms with E-state index in [1.807, 2.05) is 25.1 Å². The van der Waals surface area contributed by atoms with Crippen LogP contribution in [0.5, 0.6) is 11.5 Å². The molecule has 0 aliphatic heterocycles. The van der Waals surface area contributed by atoms with E-state index in [-0.39, 0.29) is 17.5 Å². The van der Waals surface area contributed by atoms with Gasteiger partial charge in [0.05, 0.1) is 14.2 Å². The van der Waals surface area contributed by atoms with Crippen molar-refractivity contribution >= 4 is 49.9 Å². The summed E-state index contributed by atoms with van der Waals surface area (Å²) >= 11 is 4.56. The van der Waals surface area contributed by atoms with Crippen LogP contribution in [0.1, 0.15) is 26.4 Å². The molecule has 2 aromatic carbocycles. The number of aryl methyl sites for hydroxylation is 1. The molecule has 0 unspecified atom stereocenters. The number of methoxy groups -OCH3 is 2. The Morgan fingerprint density at radius 2 is 1.69 bits per heavy atom. The van der Waals surface area contributed by atoms with Gasteiger partial charge in [0.15, 0.2) is 5.13 Å². The molecule has 29 heavy (non-hydrogen) atoms. The van der Waals surface area contributed by atoms with Crippen LogP contribution in [0, 0.1) is 6.92 Å². The minimum atomic E-state index is -0.382. The number of halogens is 1. The number of thiazole rings is 1. The van der Waals surface area contributed by atoms with Crippen LogP contribution >= 0.6 is 27.3 Å². The molecular weight excluding hydrogens is 458 g/mol. The molecule has 3 rings (SSSR count). The Morgan fingerprint density at radius 3 is 2.31 bits per heavy atom. The molecule has 0 radical (unpaired) electrons. The Kier molecular flexibility index (Phi) is 6.50. The predicted octanol–water partition coefficient (Wildman–Crippen LogP) is 4.74. The van der Waals surface area contributed by atoms with E-state index in [0.29, 0.717) is 27.9 Å². The van der Waals surface area contributed by atoms with E-state index in [2.05, 4.69) is 31.5 Å². The molecule has 1 heterocycles. The van der Waals surface area contributed by atoms with Gasteiger partial charge in [0.2, 0.25) is 0 Å². The van der Waals surface area contributed by atoms with Crippen molar-refractivity contribution in [2.24, 2.45) is 0 Å². The number of benzene rings is 2. The fourth-order valence-corrected chi connectivity index (χ4v) is 3.66. The summed E-state index contributed by atoms with van der Waals surface area (Å²) in [6, 6.07) is 10.4. The van der Waals surface area contributed by atoms with E-state index in [4.69, 9.17) is 9.47 Å². The minimum Gasteiger partial charge on any atom is -0.497 e. The number of amides is 2. The fraction of sp³-hybridized carbons (Fsp3) is 0.150. The third kappa shape index (κ3) is 5.12. The molecule has 0 bridgehead atoms. The number of aromatic nitrogens is 1. The van der Waals surface area contributed by atoms with E-state index in [1.54, 1.807) is 23.6 Å². The number of hydrogen-bond acceptors (Lipinski definition) is 6. The standard InChI is InChI=1S/C20H18BrN3O4S/c1-11-6-13(21)4-5-16(11)22-19(26)17-10-29-20(23-17)24-18(25)12-7-14(27-2)9-15(8-12)28-3/h4-10H,1-3H3,(H,22,26)(H,23,24,25). The van der Waals surface area contributed by atoms with Gasteiger partial charge in [-0.3, -0.25) is 14.9 Å². The zero-order valence-corrected chi connectivity index (χ0v) is 18.3. The van der Waals surface area contributed by atoms with Crippen molar-refractivity contribution in [3.8, 4) is 11.5 Å². The second-order valence-corrected chi connectivity index (χ2v) is 7.78. The van der Waals surface area contributed by atoms with Crippen molar-refractivity contribution in [2.75, 3.05) is 24.9 Å². The van der Waals surface area contributed by atoms with Gasteiger partial charge >= 0.3 is 0 Å². The summed E-state index contributed by atoms with van der Waals surface area (Å²) in [5.74, 6) is 0.264. The van der Waals surface area contributed by atoms with Gasteiger partial charge in [-0.25, -0.2) is 4.98 Å². The first-order valence-corrected chi connectivity index (χ1v) is 10.1. The molecule has 2 N–H and O–H groups in total. The highest BCUT2D eigenvalue weighted by Crippen LogP contribution is 2.25. The second kappa shape index (κ2) is 9.06. The van der Waals surface area contributed by atoms with Crippen molar-refractivity contribution in [1.29, 1.82) is 0 Å². The second-order valence-electron chi connectivity index (χ2n) is 6.01. The van der Waals surface area contributed by atoms with Crippen LogP contribution in [0.25, 0.3) is 0 Å².